The number of nitrogens with zero attached hydrogens (tertiary/aromatic N) is 2. The highest BCUT2D eigenvalue weighted by atomic mass is 79.9. The smallest absolute Gasteiger partial charge is 0.266 e. The van der Waals surface area contributed by atoms with Crippen LogP contribution in [0.25, 0.3) is 11.3 Å². The van der Waals surface area contributed by atoms with Crippen LogP contribution in [0.5, 0.6) is 0 Å². The van der Waals surface area contributed by atoms with Crippen LogP contribution in [0.2, 0.25) is 0 Å². The molecule has 0 radical (unpaired) electrons. The maximum Gasteiger partial charge on any atom is 0.266 e. The van der Waals surface area contributed by atoms with Gasteiger partial charge in [0.05, 0.1) is 5.69 Å². The van der Waals surface area contributed by atoms with Crippen LogP contribution in [-0.2, 0) is 11.3 Å². The number of halogens is 1. The summed E-state index contributed by atoms with van der Waals surface area (Å²) < 4.78 is 2.41. The second-order valence-electron chi connectivity index (χ2n) is 6.71. The molecule has 0 saturated carbocycles. The van der Waals surface area contributed by atoms with Crippen LogP contribution in [0.15, 0.2) is 63.9 Å². The number of aromatic nitrogens is 2. The van der Waals surface area contributed by atoms with Crippen molar-refractivity contribution in [1.82, 2.24) is 9.78 Å². The number of hydrogen-bond acceptors (Lipinski definition) is 3. The average molecular weight is 440 g/mol. The van der Waals surface area contributed by atoms with Gasteiger partial charge in [-0.2, -0.15) is 5.10 Å². The normalized spacial score (nSPS) is 10.7. The molecule has 0 atom stereocenters. The molecule has 0 fully saturated rings. The first-order chi connectivity index (χ1) is 13.4. The average Bonchev–Trinajstić information content (AvgIpc) is 2.67. The van der Waals surface area contributed by atoms with Gasteiger partial charge in [-0.15, -0.1) is 0 Å². The highest BCUT2D eigenvalue weighted by molar-refractivity contribution is 9.10. The molecule has 2 aromatic carbocycles. The number of nitrogens with one attached hydrogen (secondary N) is 1. The molecule has 144 valence electrons. The molecule has 3 aromatic rings. The van der Waals surface area contributed by atoms with E-state index in [1.807, 2.05) is 56.3 Å². The lowest BCUT2D eigenvalue weighted by Crippen LogP contribution is -2.23. The van der Waals surface area contributed by atoms with Crippen LogP contribution in [0, 0.1) is 13.8 Å². The molecule has 0 aliphatic carbocycles. The molecular formula is C22H22BrN3O2. The van der Waals surface area contributed by atoms with Gasteiger partial charge in [0.25, 0.3) is 5.56 Å². The van der Waals surface area contributed by atoms with Crippen LogP contribution in [-0.4, -0.2) is 15.7 Å². The Morgan fingerprint density at radius 2 is 1.71 bits per heavy atom. The summed E-state index contributed by atoms with van der Waals surface area (Å²) in [6.07, 6.45) is 0.859. The predicted octanol–water partition coefficient (Wildman–Crippen LogP) is 4.71. The Labute approximate surface area is 172 Å². The first-order valence-electron chi connectivity index (χ1n) is 9.14. The minimum Gasteiger partial charge on any atom is -0.326 e. The third kappa shape index (κ3) is 4.95. The summed E-state index contributed by atoms with van der Waals surface area (Å²) in [6.45, 7) is 4.34. The third-order valence-electron chi connectivity index (χ3n) is 4.53. The second kappa shape index (κ2) is 8.97. The summed E-state index contributed by atoms with van der Waals surface area (Å²) in [7, 11) is 0. The number of benzene rings is 2. The van der Waals surface area contributed by atoms with E-state index in [4.69, 9.17) is 0 Å². The number of carbonyl (C=O) groups excluding carboxylic acids is 1. The van der Waals surface area contributed by atoms with Crippen molar-refractivity contribution in [3.63, 3.8) is 0 Å². The molecule has 28 heavy (non-hydrogen) atoms. The van der Waals surface area contributed by atoms with Gasteiger partial charge >= 0.3 is 0 Å². The molecule has 1 aromatic heterocycles. The molecule has 6 heteroatoms. The predicted molar refractivity (Wildman–Crippen MR) is 115 cm³/mol. The number of hydrogen-bond donors (Lipinski definition) is 1. The van der Waals surface area contributed by atoms with Crippen molar-refractivity contribution in [1.29, 1.82) is 0 Å². The summed E-state index contributed by atoms with van der Waals surface area (Å²) >= 11 is 3.41. The highest BCUT2D eigenvalue weighted by Gasteiger charge is 2.08. The van der Waals surface area contributed by atoms with Gasteiger partial charge < -0.3 is 5.32 Å². The number of rotatable bonds is 6. The Morgan fingerprint density at radius 1 is 1.04 bits per heavy atom. The molecule has 0 aliphatic heterocycles. The van der Waals surface area contributed by atoms with E-state index in [-0.39, 0.29) is 11.5 Å². The zero-order chi connectivity index (χ0) is 20.1. The lowest BCUT2D eigenvalue weighted by Gasteiger charge is -2.11. The minimum absolute atomic E-state index is 0.0606. The topological polar surface area (TPSA) is 64.0 Å². The van der Waals surface area contributed by atoms with Crippen molar-refractivity contribution in [2.75, 3.05) is 5.32 Å². The quantitative estimate of drug-likeness (QED) is 0.604. The zero-order valence-corrected chi connectivity index (χ0v) is 17.5. The van der Waals surface area contributed by atoms with E-state index in [2.05, 4.69) is 26.3 Å². The minimum atomic E-state index is -0.170. The van der Waals surface area contributed by atoms with E-state index in [0.717, 1.165) is 32.5 Å². The van der Waals surface area contributed by atoms with Crippen molar-refractivity contribution in [2.24, 2.45) is 0 Å². The lowest BCUT2D eigenvalue weighted by atomic mass is 10.1. The van der Waals surface area contributed by atoms with Gasteiger partial charge in [-0.1, -0.05) is 46.3 Å². The molecule has 0 saturated heterocycles. The molecule has 0 aliphatic rings. The Hall–Kier alpha value is -2.73. The van der Waals surface area contributed by atoms with E-state index in [1.165, 1.54) is 10.7 Å². The summed E-state index contributed by atoms with van der Waals surface area (Å²) in [5, 5.41) is 7.41. The van der Waals surface area contributed by atoms with Crippen LogP contribution < -0.4 is 10.9 Å². The van der Waals surface area contributed by atoms with Gasteiger partial charge in [0.15, 0.2) is 0 Å². The molecule has 0 unspecified atom stereocenters. The van der Waals surface area contributed by atoms with E-state index in [0.29, 0.717) is 19.4 Å². The van der Waals surface area contributed by atoms with E-state index >= 15 is 0 Å². The van der Waals surface area contributed by atoms with E-state index in [9.17, 15) is 9.59 Å². The van der Waals surface area contributed by atoms with Gasteiger partial charge in [-0.05, 0) is 49.6 Å². The fourth-order valence-electron chi connectivity index (χ4n) is 2.99. The largest absolute Gasteiger partial charge is 0.326 e. The maximum absolute atomic E-state index is 12.3. The van der Waals surface area contributed by atoms with E-state index < -0.39 is 0 Å². The van der Waals surface area contributed by atoms with Crippen LogP contribution in [0.1, 0.15) is 24.0 Å². The van der Waals surface area contributed by atoms with Gasteiger partial charge in [-0.3, -0.25) is 9.59 Å². The summed E-state index contributed by atoms with van der Waals surface area (Å²) in [5.41, 5.74) is 4.43. The highest BCUT2D eigenvalue weighted by Crippen LogP contribution is 2.20. The molecule has 1 N–H and O–H groups in total. The van der Waals surface area contributed by atoms with Crippen molar-refractivity contribution in [3.8, 4) is 11.3 Å². The first-order valence-corrected chi connectivity index (χ1v) is 9.93. The maximum atomic E-state index is 12.3. The van der Waals surface area contributed by atoms with Crippen molar-refractivity contribution in [2.45, 2.75) is 33.2 Å². The number of carbonyl (C=O) groups is 1. The van der Waals surface area contributed by atoms with Crippen molar-refractivity contribution in [3.05, 3.63) is 80.6 Å². The Balaban J connectivity index is 1.63. The number of para-hydroxylation sites is 1. The second-order valence-corrected chi connectivity index (χ2v) is 7.62. The number of aryl methyl sites for hydroxylation is 3. The Bertz CT molecular complexity index is 1020. The monoisotopic (exact) mass is 439 g/mol. The Morgan fingerprint density at radius 3 is 2.39 bits per heavy atom. The third-order valence-corrected chi connectivity index (χ3v) is 5.05. The van der Waals surface area contributed by atoms with Gasteiger partial charge in [0.1, 0.15) is 0 Å². The fraction of sp³-hybridized carbons (Fsp3) is 0.227. The summed E-state index contributed by atoms with van der Waals surface area (Å²) in [6, 6.07) is 16.9. The molecule has 5 nitrogen and oxygen atoms in total. The first kappa shape index (κ1) is 20.0. The molecule has 1 heterocycles. The van der Waals surface area contributed by atoms with Crippen LogP contribution >= 0.6 is 15.9 Å². The molecule has 1 amide bonds. The van der Waals surface area contributed by atoms with Crippen LogP contribution in [0.3, 0.4) is 0 Å². The SMILES string of the molecule is Cc1cccc(C)c1NC(=O)CCCn1nc(-c2ccc(Br)cc2)ccc1=O. The fourth-order valence-corrected chi connectivity index (χ4v) is 3.25. The van der Waals surface area contributed by atoms with Gasteiger partial charge in [0, 0.05) is 34.8 Å². The van der Waals surface area contributed by atoms with Gasteiger partial charge in [0.2, 0.25) is 5.91 Å². The number of amides is 1. The molecule has 3 rings (SSSR count). The summed E-state index contributed by atoms with van der Waals surface area (Å²) in [4.78, 5) is 24.4. The lowest BCUT2D eigenvalue weighted by molar-refractivity contribution is -0.116. The standard InChI is InChI=1S/C22H22BrN3O2/c1-15-5-3-6-16(2)22(15)24-20(27)7-4-14-26-21(28)13-12-19(25-26)17-8-10-18(23)11-9-17/h3,5-6,8-13H,4,7,14H2,1-2H3,(H,24,27). The van der Waals surface area contributed by atoms with Crippen molar-refractivity contribution >= 4 is 27.5 Å². The molecule has 0 bridgehead atoms. The van der Waals surface area contributed by atoms with E-state index in [1.54, 1.807) is 6.07 Å². The van der Waals surface area contributed by atoms with Crippen LogP contribution in [0.4, 0.5) is 5.69 Å². The Kier molecular flexibility index (Phi) is 6.41. The van der Waals surface area contributed by atoms with Crippen molar-refractivity contribution < 1.29 is 4.79 Å². The zero-order valence-electron chi connectivity index (χ0n) is 15.9. The number of anilines is 1. The summed E-state index contributed by atoms with van der Waals surface area (Å²) in [5.74, 6) is -0.0606. The molecule has 0 spiro atoms. The molecular weight excluding hydrogens is 418 g/mol. The van der Waals surface area contributed by atoms with Gasteiger partial charge in [-0.25, -0.2) is 4.68 Å².